The van der Waals surface area contributed by atoms with E-state index >= 15 is 0 Å². The molecule has 0 rings (SSSR count). The monoisotopic (exact) mass is 629 g/mol. The summed E-state index contributed by atoms with van der Waals surface area (Å²) in [5, 5.41) is 6.18. The Morgan fingerprint density at radius 3 is 1.20 bits per heavy atom. The molecular formula is C36H72N2O6. The molecule has 0 aliphatic carbocycles. The molecule has 0 aromatic heterocycles. The van der Waals surface area contributed by atoms with E-state index in [1.165, 1.54) is 0 Å². The van der Waals surface area contributed by atoms with Crippen molar-refractivity contribution in [3.05, 3.63) is 0 Å². The van der Waals surface area contributed by atoms with Gasteiger partial charge in [0.05, 0.1) is 16.8 Å². The van der Waals surface area contributed by atoms with E-state index in [9.17, 15) is 9.59 Å². The van der Waals surface area contributed by atoms with Gasteiger partial charge in [0, 0.05) is 57.0 Å². The molecule has 8 heteroatoms. The maximum atomic E-state index is 12.9. The first-order valence-electron chi connectivity index (χ1n) is 17.0. The zero-order valence-electron chi connectivity index (χ0n) is 31.3. The van der Waals surface area contributed by atoms with Gasteiger partial charge in [-0.3, -0.25) is 9.59 Å². The highest BCUT2D eigenvalue weighted by Crippen LogP contribution is 2.26. The van der Waals surface area contributed by atoms with Crippen molar-refractivity contribution >= 4 is 11.8 Å². The molecule has 44 heavy (non-hydrogen) atoms. The molecule has 0 unspecified atom stereocenters. The third-order valence-electron chi connectivity index (χ3n) is 8.24. The molecule has 0 aromatic rings. The van der Waals surface area contributed by atoms with Gasteiger partial charge < -0.3 is 29.6 Å². The number of carbonyl (C=O) groups excluding carboxylic acids is 2. The van der Waals surface area contributed by atoms with Crippen molar-refractivity contribution in [2.75, 3.05) is 46.1 Å². The molecule has 0 aliphatic heterocycles. The highest BCUT2D eigenvalue weighted by Gasteiger charge is 2.31. The number of ether oxygens (including phenoxy) is 4. The maximum absolute atomic E-state index is 12.9. The van der Waals surface area contributed by atoms with Crippen LogP contribution in [0.2, 0.25) is 0 Å². The molecule has 0 aliphatic rings. The molecule has 262 valence electrons. The summed E-state index contributed by atoms with van der Waals surface area (Å²) in [5.41, 5.74) is -1.84. The van der Waals surface area contributed by atoms with Gasteiger partial charge in [0.2, 0.25) is 11.8 Å². The zero-order chi connectivity index (χ0) is 34.3. The number of amides is 2. The van der Waals surface area contributed by atoms with E-state index in [-0.39, 0.29) is 28.4 Å². The molecule has 2 amide bonds. The SMILES string of the molecule is CCCOCCC(C)(C)OCCC(C)(C)C(=O)NCCC(C)(C)OCCC(C)(C)C(=O)NCCC(C)(C)OCCC(C)(C)C. The Bertz CT molecular complexity index is 827. The van der Waals surface area contributed by atoms with E-state index in [0.29, 0.717) is 58.8 Å². The molecule has 0 bridgehead atoms. The van der Waals surface area contributed by atoms with Crippen LogP contribution >= 0.6 is 0 Å². The lowest BCUT2D eigenvalue weighted by atomic mass is 9.88. The summed E-state index contributed by atoms with van der Waals surface area (Å²) in [6.07, 6.45) is 5.50. The van der Waals surface area contributed by atoms with Gasteiger partial charge in [0.15, 0.2) is 0 Å². The average Bonchev–Trinajstić information content (AvgIpc) is 2.84. The van der Waals surface area contributed by atoms with Crippen LogP contribution in [-0.4, -0.2) is 74.7 Å². The smallest absolute Gasteiger partial charge is 0.225 e. The Kier molecular flexibility index (Phi) is 18.3. The van der Waals surface area contributed by atoms with Crippen LogP contribution in [0.25, 0.3) is 0 Å². The van der Waals surface area contributed by atoms with Crippen molar-refractivity contribution in [3.8, 4) is 0 Å². The van der Waals surface area contributed by atoms with Gasteiger partial charge >= 0.3 is 0 Å². The predicted molar refractivity (Wildman–Crippen MR) is 182 cm³/mol. The van der Waals surface area contributed by atoms with E-state index in [2.05, 4.69) is 66.0 Å². The lowest BCUT2D eigenvalue weighted by molar-refractivity contribution is -0.133. The summed E-state index contributed by atoms with van der Waals surface area (Å²) in [6.45, 7) is 33.1. The highest BCUT2D eigenvalue weighted by molar-refractivity contribution is 5.82. The highest BCUT2D eigenvalue weighted by atomic mass is 16.5. The maximum Gasteiger partial charge on any atom is 0.225 e. The topological polar surface area (TPSA) is 95.1 Å². The Balaban J connectivity index is 4.43. The van der Waals surface area contributed by atoms with Gasteiger partial charge in [-0.1, -0.05) is 55.4 Å². The number of hydrogen-bond acceptors (Lipinski definition) is 6. The zero-order valence-corrected chi connectivity index (χ0v) is 31.3. The molecule has 0 heterocycles. The second-order valence-corrected chi connectivity index (χ2v) is 16.8. The predicted octanol–water partition coefficient (Wildman–Crippen LogP) is 7.47. The quantitative estimate of drug-likeness (QED) is 0.108. The first-order valence-corrected chi connectivity index (χ1v) is 17.0. The van der Waals surface area contributed by atoms with Gasteiger partial charge in [-0.2, -0.15) is 0 Å². The van der Waals surface area contributed by atoms with E-state index in [1.807, 2.05) is 41.5 Å². The number of nitrogens with one attached hydrogen (secondary N) is 2. The van der Waals surface area contributed by atoms with E-state index in [4.69, 9.17) is 18.9 Å². The van der Waals surface area contributed by atoms with Gasteiger partial charge in [0.25, 0.3) is 0 Å². The fourth-order valence-electron chi connectivity index (χ4n) is 4.24. The summed E-state index contributed by atoms with van der Waals surface area (Å²) in [5.74, 6) is 0.0395. The lowest BCUT2D eigenvalue weighted by Crippen LogP contribution is -2.42. The molecule has 2 N–H and O–H groups in total. The van der Waals surface area contributed by atoms with Crippen molar-refractivity contribution in [2.45, 2.75) is 159 Å². The molecular weight excluding hydrogens is 556 g/mol. The van der Waals surface area contributed by atoms with E-state index < -0.39 is 16.4 Å². The van der Waals surface area contributed by atoms with Crippen LogP contribution < -0.4 is 10.6 Å². The Labute approximate surface area is 271 Å². The second-order valence-electron chi connectivity index (χ2n) is 16.8. The van der Waals surface area contributed by atoms with Crippen LogP contribution in [0.3, 0.4) is 0 Å². The number of hydrogen-bond donors (Lipinski definition) is 2. The van der Waals surface area contributed by atoms with Crippen LogP contribution in [0.5, 0.6) is 0 Å². The summed E-state index contributed by atoms with van der Waals surface area (Å²) >= 11 is 0. The fraction of sp³-hybridized carbons (Fsp3) is 0.944. The molecule has 0 saturated heterocycles. The third-order valence-corrected chi connectivity index (χ3v) is 8.24. The summed E-state index contributed by atoms with van der Waals surface area (Å²) in [4.78, 5) is 25.9. The van der Waals surface area contributed by atoms with E-state index in [1.54, 1.807) is 0 Å². The first kappa shape index (κ1) is 42.8. The van der Waals surface area contributed by atoms with Crippen molar-refractivity contribution in [3.63, 3.8) is 0 Å². The Morgan fingerprint density at radius 1 is 0.477 bits per heavy atom. The minimum absolute atomic E-state index is 0.0153. The van der Waals surface area contributed by atoms with Crippen molar-refractivity contribution in [1.82, 2.24) is 10.6 Å². The molecule has 8 nitrogen and oxygen atoms in total. The molecule has 0 saturated carbocycles. The van der Waals surface area contributed by atoms with Gasteiger partial charge in [-0.05, 0) is 91.9 Å². The number of carbonyl (C=O) groups is 2. The summed E-state index contributed by atoms with van der Waals surface area (Å²) in [6, 6.07) is 0. The normalized spacial score (nSPS) is 13.7. The van der Waals surface area contributed by atoms with Crippen LogP contribution in [0.15, 0.2) is 0 Å². The molecule has 0 radical (unpaired) electrons. The van der Waals surface area contributed by atoms with Crippen LogP contribution in [-0.2, 0) is 28.5 Å². The van der Waals surface area contributed by atoms with Gasteiger partial charge in [0.1, 0.15) is 0 Å². The Morgan fingerprint density at radius 2 is 0.841 bits per heavy atom. The molecule has 0 atom stereocenters. The van der Waals surface area contributed by atoms with Crippen LogP contribution in [0.4, 0.5) is 0 Å². The van der Waals surface area contributed by atoms with Crippen molar-refractivity contribution in [2.24, 2.45) is 16.2 Å². The minimum Gasteiger partial charge on any atom is -0.381 e. The fourth-order valence-corrected chi connectivity index (χ4v) is 4.24. The first-order chi connectivity index (χ1) is 19.9. The van der Waals surface area contributed by atoms with Gasteiger partial charge in [-0.25, -0.2) is 0 Å². The molecule has 0 spiro atoms. The average molecular weight is 629 g/mol. The van der Waals surface area contributed by atoms with Crippen molar-refractivity contribution in [1.29, 1.82) is 0 Å². The van der Waals surface area contributed by atoms with E-state index in [0.717, 1.165) is 32.3 Å². The largest absolute Gasteiger partial charge is 0.381 e. The van der Waals surface area contributed by atoms with Crippen LogP contribution in [0, 0.1) is 16.2 Å². The summed E-state index contributed by atoms with van der Waals surface area (Å²) < 4.78 is 23.9. The third kappa shape index (κ3) is 20.7. The Hall–Kier alpha value is -1.22. The van der Waals surface area contributed by atoms with Crippen LogP contribution in [0.1, 0.15) is 142 Å². The lowest BCUT2D eigenvalue weighted by Gasteiger charge is -2.31. The minimum atomic E-state index is -0.551. The summed E-state index contributed by atoms with van der Waals surface area (Å²) in [7, 11) is 0. The number of rotatable bonds is 24. The standard InChI is InChI=1S/C36H72N2O6/c1-15-24-41-25-21-36(13,14)44-28-20-33(7,8)30(40)38-23-17-35(11,12)43-27-19-32(5,6)29(39)37-22-16-34(9,10)42-26-18-31(2,3)4/h15-28H2,1-14H3,(H,37,39)(H,38,40). The molecule has 0 fully saturated rings. The molecule has 0 aromatic carbocycles. The van der Waals surface area contributed by atoms with Crippen molar-refractivity contribution < 1.29 is 28.5 Å². The van der Waals surface area contributed by atoms with Gasteiger partial charge in [-0.15, -0.1) is 0 Å². The second kappa shape index (κ2) is 18.8.